The number of nitrogens with one attached hydrogen (secondary N) is 1. The van der Waals surface area contributed by atoms with E-state index in [4.69, 9.17) is 8.94 Å². The smallest absolute Gasteiger partial charge is 0.244 e. The van der Waals surface area contributed by atoms with Crippen LogP contribution in [-0.4, -0.2) is 15.1 Å². The molecular weight excluding hydrogens is 244 g/mol. The van der Waals surface area contributed by atoms with Crippen molar-refractivity contribution in [3.63, 3.8) is 0 Å². The quantitative estimate of drug-likeness (QED) is 0.894. The molecule has 0 fully saturated rings. The predicted molar refractivity (Wildman–Crippen MR) is 69.4 cm³/mol. The molecule has 1 N–H and O–H groups in total. The molecule has 1 unspecified atom stereocenters. The van der Waals surface area contributed by atoms with Crippen LogP contribution in [0, 0.1) is 26.7 Å². The van der Waals surface area contributed by atoms with E-state index >= 15 is 0 Å². The van der Waals surface area contributed by atoms with E-state index in [0.717, 1.165) is 11.5 Å². The molecule has 0 aliphatic heterocycles. The molecule has 0 aromatic carbocycles. The summed E-state index contributed by atoms with van der Waals surface area (Å²) in [6.45, 7) is 10.4. The summed E-state index contributed by atoms with van der Waals surface area (Å²) in [5.41, 5.74) is 0.923. The van der Waals surface area contributed by atoms with Gasteiger partial charge >= 0.3 is 0 Å². The number of rotatable bonds is 5. The summed E-state index contributed by atoms with van der Waals surface area (Å²) in [5.74, 6) is 3.11. The van der Waals surface area contributed by atoms with E-state index < -0.39 is 0 Å². The van der Waals surface area contributed by atoms with Gasteiger partial charge in [-0.1, -0.05) is 19.0 Å². The average Bonchev–Trinajstić information content (AvgIpc) is 2.87. The Morgan fingerprint density at radius 2 is 1.89 bits per heavy atom. The lowest BCUT2D eigenvalue weighted by Gasteiger charge is -2.17. The minimum atomic E-state index is -0.00582. The molecule has 2 aromatic heterocycles. The Balaban J connectivity index is 2.05. The third-order valence-corrected chi connectivity index (χ3v) is 3.02. The van der Waals surface area contributed by atoms with Crippen LogP contribution in [-0.2, 0) is 6.54 Å². The van der Waals surface area contributed by atoms with Gasteiger partial charge in [-0.05, 0) is 26.7 Å². The van der Waals surface area contributed by atoms with Gasteiger partial charge in [0, 0.05) is 0 Å². The monoisotopic (exact) mass is 264 g/mol. The Morgan fingerprint density at radius 3 is 2.37 bits per heavy atom. The van der Waals surface area contributed by atoms with Crippen molar-refractivity contribution in [2.75, 3.05) is 0 Å². The lowest BCUT2D eigenvalue weighted by Crippen LogP contribution is -2.25. The van der Waals surface area contributed by atoms with Gasteiger partial charge < -0.3 is 8.94 Å². The second-order valence-corrected chi connectivity index (χ2v) is 5.03. The minimum absolute atomic E-state index is 0.00582. The van der Waals surface area contributed by atoms with Crippen LogP contribution in [0.5, 0.6) is 0 Å². The van der Waals surface area contributed by atoms with Gasteiger partial charge in [0.05, 0.1) is 18.3 Å². The minimum Gasteiger partial charge on any atom is -0.444 e. The number of hydrogen-bond acceptors (Lipinski definition) is 6. The Kier molecular flexibility index (Phi) is 3.99. The number of nitrogens with zero attached hydrogens (tertiary/aromatic N) is 3. The van der Waals surface area contributed by atoms with Gasteiger partial charge in [-0.25, -0.2) is 4.98 Å². The molecule has 1 atom stereocenters. The highest BCUT2D eigenvalue weighted by Gasteiger charge is 2.22. The molecule has 2 heterocycles. The second kappa shape index (κ2) is 5.52. The van der Waals surface area contributed by atoms with E-state index in [9.17, 15) is 0 Å². The number of hydrogen-bond donors (Lipinski definition) is 1. The SMILES string of the molecule is Cc1noc(C(NCc2nc(C)c(C)o2)C(C)C)n1. The molecule has 6 nitrogen and oxygen atoms in total. The van der Waals surface area contributed by atoms with Gasteiger partial charge in [0.25, 0.3) is 0 Å². The lowest BCUT2D eigenvalue weighted by atomic mass is 10.0. The normalized spacial score (nSPS) is 13.2. The van der Waals surface area contributed by atoms with E-state index in [2.05, 4.69) is 34.3 Å². The molecular formula is C13H20N4O2. The van der Waals surface area contributed by atoms with Crippen LogP contribution in [0.3, 0.4) is 0 Å². The van der Waals surface area contributed by atoms with Crippen molar-refractivity contribution >= 4 is 0 Å². The van der Waals surface area contributed by atoms with Gasteiger partial charge in [-0.3, -0.25) is 5.32 Å². The fourth-order valence-corrected chi connectivity index (χ4v) is 1.86. The van der Waals surface area contributed by atoms with Crippen LogP contribution in [0.1, 0.15) is 48.9 Å². The van der Waals surface area contributed by atoms with Gasteiger partial charge in [0.2, 0.25) is 11.8 Å². The molecule has 0 aliphatic carbocycles. The highest BCUT2D eigenvalue weighted by molar-refractivity contribution is 5.05. The first-order valence-electron chi connectivity index (χ1n) is 6.44. The second-order valence-electron chi connectivity index (χ2n) is 5.03. The number of aromatic nitrogens is 3. The van der Waals surface area contributed by atoms with Gasteiger partial charge in [0.1, 0.15) is 5.76 Å². The van der Waals surface area contributed by atoms with Crippen molar-refractivity contribution in [2.24, 2.45) is 5.92 Å². The first-order valence-corrected chi connectivity index (χ1v) is 6.44. The van der Waals surface area contributed by atoms with Gasteiger partial charge in [0.15, 0.2) is 5.82 Å². The van der Waals surface area contributed by atoms with Gasteiger partial charge in [-0.15, -0.1) is 0 Å². The van der Waals surface area contributed by atoms with E-state index in [1.54, 1.807) is 0 Å². The largest absolute Gasteiger partial charge is 0.444 e. The zero-order valence-electron chi connectivity index (χ0n) is 12.0. The Bertz CT molecular complexity index is 525. The number of aryl methyl sites for hydroxylation is 3. The highest BCUT2D eigenvalue weighted by atomic mass is 16.5. The highest BCUT2D eigenvalue weighted by Crippen LogP contribution is 2.20. The van der Waals surface area contributed by atoms with Crippen molar-refractivity contribution < 1.29 is 8.94 Å². The third kappa shape index (κ3) is 3.20. The van der Waals surface area contributed by atoms with E-state index in [-0.39, 0.29) is 6.04 Å². The van der Waals surface area contributed by atoms with Crippen LogP contribution in [0.15, 0.2) is 8.94 Å². The van der Waals surface area contributed by atoms with Crippen LogP contribution in [0.2, 0.25) is 0 Å². The maximum absolute atomic E-state index is 5.55. The summed E-state index contributed by atoms with van der Waals surface area (Å²) in [6.07, 6.45) is 0. The van der Waals surface area contributed by atoms with Crippen LogP contribution in [0.25, 0.3) is 0 Å². The fourth-order valence-electron chi connectivity index (χ4n) is 1.86. The van der Waals surface area contributed by atoms with Crippen molar-refractivity contribution in [1.82, 2.24) is 20.4 Å². The first kappa shape index (κ1) is 13.7. The molecule has 0 aliphatic rings. The molecule has 2 aromatic rings. The van der Waals surface area contributed by atoms with E-state index in [1.807, 2.05) is 20.8 Å². The molecule has 0 bridgehead atoms. The van der Waals surface area contributed by atoms with Gasteiger partial charge in [-0.2, -0.15) is 4.98 Å². The predicted octanol–water partition coefficient (Wildman–Crippen LogP) is 2.47. The summed E-state index contributed by atoms with van der Waals surface area (Å²) >= 11 is 0. The molecule has 2 rings (SSSR count). The van der Waals surface area contributed by atoms with Crippen molar-refractivity contribution in [3.05, 3.63) is 29.1 Å². The summed E-state index contributed by atoms with van der Waals surface area (Å²) in [4.78, 5) is 8.62. The fraction of sp³-hybridized carbons (Fsp3) is 0.615. The van der Waals surface area contributed by atoms with E-state index in [0.29, 0.717) is 30.1 Å². The first-order chi connectivity index (χ1) is 8.97. The Morgan fingerprint density at radius 1 is 1.16 bits per heavy atom. The zero-order chi connectivity index (χ0) is 14.0. The zero-order valence-corrected chi connectivity index (χ0v) is 12.0. The Hall–Kier alpha value is -1.69. The molecule has 0 spiro atoms. The lowest BCUT2D eigenvalue weighted by molar-refractivity contribution is 0.279. The molecule has 0 saturated heterocycles. The molecule has 0 saturated carbocycles. The topological polar surface area (TPSA) is 77.0 Å². The maximum Gasteiger partial charge on any atom is 0.244 e. The van der Waals surface area contributed by atoms with Crippen molar-refractivity contribution in [1.29, 1.82) is 0 Å². The summed E-state index contributed by atoms with van der Waals surface area (Å²) in [7, 11) is 0. The average molecular weight is 264 g/mol. The third-order valence-electron chi connectivity index (χ3n) is 3.02. The van der Waals surface area contributed by atoms with Crippen LogP contribution < -0.4 is 5.32 Å². The maximum atomic E-state index is 5.55. The molecule has 104 valence electrons. The molecule has 6 heteroatoms. The summed E-state index contributed by atoms with van der Waals surface area (Å²) in [5, 5.41) is 7.18. The van der Waals surface area contributed by atoms with Crippen molar-refractivity contribution in [2.45, 2.75) is 47.2 Å². The molecule has 19 heavy (non-hydrogen) atoms. The van der Waals surface area contributed by atoms with Crippen LogP contribution in [0.4, 0.5) is 0 Å². The van der Waals surface area contributed by atoms with E-state index in [1.165, 1.54) is 0 Å². The van der Waals surface area contributed by atoms with Crippen molar-refractivity contribution in [3.8, 4) is 0 Å². The number of oxazole rings is 1. The summed E-state index contributed by atoms with van der Waals surface area (Å²) in [6, 6.07) is -0.00582. The Labute approximate surface area is 112 Å². The molecule has 0 radical (unpaired) electrons. The summed E-state index contributed by atoms with van der Waals surface area (Å²) < 4.78 is 10.8. The van der Waals surface area contributed by atoms with Crippen LogP contribution >= 0.6 is 0 Å². The molecule has 0 amide bonds. The standard InChI is InChI=1S/C13H20N4O2/c1-7(2)12(13-16-10(5)17-19-13)14-6-11-15-8(3)9(4)18-11/h7,12,14H,6H2,1-5H3.